The summed E-state index contributed by atoms with van der Waals surface area (Å²) in [6.45, 7) is 10.1. The van der Waals surface area contributed by atoms with E-state index in [1.165, 1.54) is 32.1 Å². The molecular formula is C13H27N3. The van der Waals surface area contributed by atoms with E-state index in [4.69, 9.17) is 0 Å². The van der Waals surface area contributed by atoms with Crippen molar-refractivity contribution in [3.8, 4) is 0 Å². The molecule has 0 fully saturated rings. The summed E-state index contributed by atoms with van der Waals surface area (Å²) >= 11 is 0. The molecule has 0 radical (unpaired) electrons. The third-order valence-electron chi connectivity index (χ3n) is 3.17. The van der Waals surface area contributed by atoms with Crippen molar-refractivity contribution in [3.05, 3.63) is 0 Å². The second kappa shape index (κ2) is 6.77. The van der Waals surface area contributed by atoms with E-state index in [1.54, 1.807) is 0 Å². The van der Waals surface area contributed by atoms with E-state index >= 15 is 0 Å². The first-order chi connectivity index (χ1) is 7.70. The van der Waals surface area contributed by atoms with Crippen molar-refractivity contribution in [2.45, 2.75) is 72.0 Å². The van der Waals surface area contributed by atoms with Gasteiger partial charge in [0.2, 0.25) is 0 Å². The van der Waals surface area contributed by atoms with E-state index < -0.39 is 0 Å². The van der Waals surface area contributed by atoms with Crippen LogP contribution in [0.5, 0.6) is 0 Å². The van der Waals surface area contributed by atoms with Gasteiger partial charge in [-0.05, 0) is 33.1 Å². The van der Waals surface area contributed by atoms with Crippen LogP contribution in [0.2, 0.25) is 0 Å². The number of hydrogen-bond donors (Lipinski definition) is 0. The standard InChI is InChI=1S/C13H27N3/c1-5-7-9-13-15(12(3)4)11-14-16(13)10-8-6-2/h11-13H,5-10H2,1-4H3. The molecule has 0 amide bonds. The fourth-order valence-corrected chi connectivity index (χ4v) is 2.12. The molecular weight excluding hydrogens is 198 g/mol. The molecule has 3 heteroatoms. The van der Waals surface area contributed by atoms with Gasteiger partial charge in [-0.1, -0.05) is 26.7 Å². The van der Waals surface area contributed by atoms with Crippen LogP contribution in [0.4, 0.5) is 0 Å². The lowest BCUT2D eigenvalue weighted by atomic mass is 10.1. The number of rotatable bonds is 7. The lowest BCUT2D eigenvalue weighted by Crippen LogP contribution is -2.43. The molecule has 0 bridgehead atoms. The molecule has 16 heavy (non-hydrogen) atoms. The lowest BCUT2D eigenvalue weighted by Gasteiger charge is -2.33. The minimum Gasteiger partial charge on any atom is -0.337 e. The summed E-state index contributed by atoms with van der Waals surface area (Å²) in [5, 5.41) is 6.82. The summed E-state index contributed by atoms with van der Waals surface area (Å²) in [6.07, 6.45) is 8.81. The minimum absolute atomic E-state index is 0.506. The van der Waals surface area contributed by atoms with Crippen LogP contribution in [0.25, 0.3) is 0 Å². The molecule has 1 unspecified atom stereocenters. The molecule has 0 saturated heterocycles. The lowest BCUT2D eigenvalue weighted by molar-refractivity contribution is 0.101. The minimum atomic E-state index is 0.506. The Balaban J connectivity index is 2.52. The fraction of sp³-hybridized carbons (Fsp3) is 0.923. The van der Waals surface area contributed by atoms with Crippen molar-refractivity contribution in [1.82, 2.24) is 9.91 Å². The second-order valence-corrected chi connectivity index (χ2v) is 4.91. The largest absolute Gasteiger partial charge is 0.337 e. The van der Waals surface area contributed by atoms with Gasteiger partial charge in [-0.25, -0.2) is 0 Å². The van der Waals surface area contributed by atoms with Gasteiger partial charge in [0.25, 0.3) is 0 Å². The van der Waals surface area contributed by atoms with Crippen molar-refractivity contribution < 1.29 is 0 Å². The molecule has 0 spiro atoms. The van der Waals surface area contributed by atoms with Gasteiger partial charge in [0, 0.05) is 12.6 Å². The number of nitrogens with zero attached hydrogens (tertiary/aromatic N) is 3. The Labute approximate surface area is 100 Å². The van der Waals surface area contributed by atoms with E-state index in [1.807, 2.05) is 6.34 Å². The zero-order valence-corrected chi connectivity index (χ0v) is 11.3. The van der Waals surface area contributed by atoms with E-state index in [9.17, 15) is 0 Å². The first-order valence-electron chi connectivity index (χ1n) is 6.78. The molecule has 3 nitrogen and oxygen atoms in total. The molecule has 94 valence electrons. The maximum atomic E-state index is 4.54. The quantitative estimate of drug-likeness (QED) is 0.662. The van der Waals surface area contributed by atoms with Gasteiger partial charge in [-0.15, -0.1) is 0 Å². The highest BCUT2D eigenvalue weighted by Gasteiger charge is 2.28. The number of hydrazone groups is 1. The number of hydrogen-bond acceptors (Lipinski definition) is 3. The Morgan fingerprint density at radius 1 is 1.19 bits per heavy atom. The van der Waals surface area contributed by atoms with E-state index in [0.29, 0.717) is 12.2 Å². The van der Waals surface area contributed by atoms with Crippen molar-refractivity contribution in [2.24, 2.45) is 5.10 Å². The molecule has 0 aliphatic carbocycles. The average Bonchev–Trinajstić information content (AvgIpc) is 2.66. The van der Waals surface area contributed by atoms with Crippen LogP contribution < -0.4 is 0 Å². The number of unbranched alkanes of at least 4 members (excludes halogenated alkanes) is 2. The Morgan fingerprint density at radius 3 is 2.44 bits per heavy atom. The normalized spacial score (nSPS) is 20.2. The summed E-state index contributed by atoms with van der Waals surface area (Å²) in [5.74, 6) is 0. The maximum absolute atomic E-state index is 4.54. The third kappa shape index (κ3) is 3.39. The highest BCUT2D eigenvalue weighted by molar-refractivity contribution is 5.57. The van der Waals surface area contributed by atoms with Gasteiger partial charge in [0.05, 0.1) is 0 Å². The monoisotopic (exact) mass is 225 g/mol. The van der Waals surface area contributed by atoms with Crippen molar-refractivity contribution >= 4 is 6.34 Å². The molecule has 0 saturated carbocycles. The third-order valence-corrected chi connectivity index (χ3v) is 3.17. The van der Waals surface area contributed by atoms with Crippen molar-refractivity contribution in [2.75, 3.05) is 6.54 Å². The molecule has 0 aromatic carbocycles. The Kier molecular flexibility index (Phi) is 5.64. The van der Waals surface area contributed by atoms with Gasteiger partial charge in [-0.2, -0.15) is 5.10 Å². The summed E-state index contributed by atoms with van der Waals surface area (Å²) in [5.41, 5.74) is 0. The summed E-state index contributed by atoms with van der Waals surface area (Å²) in [4.78, 5) is 2.39. The Bertz CT molecular complexity index is 213. The second-order valence-electron chi connectivity index (χ2n) is 4.91. The summed E-state index contributed by atoms with van der Waals surface area (Å²) in [6, 6.07) is 0.553. The van der Waals surface area contributed by atoms with Crippen LogP contribution in [0.1, 0.15) is 59.8 Å². The molecule has 1 aliphatic heterocycles. The first kappa shape index (κ1) is 13.3. The van der Waals surface area contributed by atoms with Gasteiger partial charge in [-0.3, -0.25) is 5.01 Å². The average molecular weight is 225 g/mol. The van der Waals surface area contributed by atoms with Crippen LogP contribution in [-0.4, -0.2) is 35.0 Å². The van der Waals surface area contributed by atoms with Gasteiger partial charge in [0.15, 0.2) is 0 Å². The highest BCUT2D eigenvalue weighted by Crippen LogP contribution is 2.20. The van der Waals surface area contributed by atoms with E-state index in [0.717, 1.165) is 6.54 Å². The topological polar surface area (TPSA) is 18.8 Å². The SMILES string of the molecule is CCCCC1N(CCCC)N=CN1C(C)C. The van der Waals surface area contributed by atoms with Gasteiger partial charge >= 0.3 is 0 Å². The van der Waals surface area contributed by atoms with Crippen LogP contribution in [0, 0.1) is 0 Å². The zero-order valence-electron chi connectivity index (χ0n) is 11.3. The molecule has 0 aromatic heterocycles. The first-order valence-corrected chi connectivity index (χ1v) is 6.78. The molecule has 1 aliphatic rings. The zero-order chi connectivity index (χ0) is 12.0. The smallest absolute Gasteiger partial charge is 0.119 e. The van der Waals surface area contributed by atoms with Crippen LogP contribution in [0.15, 0.2) is 5.10 Å². The van der Waals surface area contributed by atoms with Gasteiger partial charge in [0.1, 0.15) is 12.5 Å². The Morgan fingerprint density at radius 2 is 1.88 bits per heavy atom. The highest BCUT2D eigenvalue weighted by atomic mass is 15.6. The molecule has 1 heterocycles. The van der Waals surface area contributed by atoms with Crippen LogP contribution >= 0.6 is 0 Å². The predicted molar refractivity (Wildman–Crippen MR) is 70.4 cm³/mol. The van der Waals surface area contributed by atoms with E-state index in [-0.39, 0.29) is 0 Å². The molecule has 1 rings (SSSR count). The molecule has 0 aromatic rings. The Hall–Kier alpha value is -0.730. The summed E-state index contributed by atoms with van der Waals surface area (Å²) < 4.78 is 0. The maximum Gasteiger partial charge on any atom is 0.119 e. The molecule has 1 atom stereocenters. The van der Waals surface area contributed by atoms with Crippen LogP contribution in [0.3, 0.4) is 0 Å². The predicted octanol–water partition coefficient (Wildman–Crippen LogP) is 3.27. The van der Waals surface area contributed by atoms with Crippen LogP contribution in [-0.2, 0) is 0 Å². The fourth-order valence-electron chi connectivity index (χ4n) is 2.12. The van der Waals surface area contributed by atoms with E-state index in [2.05, 4.69) is 42.7 Å². The molecule has 0 N–H and O–H groups in total. The van der Waals surface area contributed by atoms with Crippen molar-refractivity contribution in [3.63, 3.8) is 0 Å². The van der Waals surface area contributed by atoms with Crippen molar-refractivity contribution in [1.29, 1.82) is 0 Å². The summed E-state index contributed by atoms with van der Waals surface area (Å²) in [7, 11) is 0. The van der Waals surface area contributed by atoms with Gasteiger partial charge < -0.3 is 4.90 Å².